The predicted octanol–water partition coefficient (Wildman–Crippen LogP) is 3.64. The number of esters is 1. The Kier molecular flexibility index (Phi) is 5.02. The quantitative estimate of drug-likeness (QED) is 0.615. The number of hydrogen-bond donors (Lipinski definition) is 2. The number of H-pyrrole nitrogens is 1. The molecule has 0 bridgehead atoms. The van der Waals surface area contributed by atoms with E-state index in [1.54, 1.807) is 13.0 Å². The minimum Gasteiger partial charge on any atom is -0.454 e. The Hall–Kier alpha value is -3.48. The maximum absolute atomic E-state index is 12.7. The van der Waals surface area contributed by atoms with Crippen molar-refractivity contribution in [2.24, 2.45) is 0 Å². The van der Waals surface area contributed by atoms with Crippen molar-refractivity contribution in [3.63, 3.8) is 0 Å². The number of carbonyl (C=O) groups excluding carboxylic acids is 2. The van der Waals surface area contributed by atoms with Gasteiger partial charge in [0.15, 0.2) is 17.6 Å². The zero-order valence-electron chi connectivity index (χ0n) is 17.3. The average molecular weight is 420 g/mol. The van der Waals surface area contributed by atoms with E-state index in [1.165, 1.54) is 17.7 Å². The monoisotopic (exact) mass is 420 g/mol. The average Bonchev–Trinajstić information content (AvgIpc) is 3.40. The molecule has 1 atom stereocenters. The van der Waals surface area contributed by atoms with Crippen LogP contribution in [-0.2, 0) is 28.9 Å². The van der Waals surface area contributed by atoms with E-state index < -0.39 is 12.1 Å². The second-order valence-electron chi connectivity index (χ2n) is 8.00. The second-order valence-corrected chi connectivity index (χ2v) is 8.00. The lowest BCUT2D eigenvalue weighted by atomic mass is 9.95. The number of nitrogens with one attached hydrogen (secondary N) is 2. The molecule has 160 valence electrons. The third-order valence-electron chi connectivity index (χ3n) is 5.89. The summed E-state index contributed by atoms with van der Waals surface area (Å²) < 4.78 is 16.1. The summed E-state index contributed by atoms with van der Waals surface area (Å²) in [5.41, 5.74) is 4.93. The molecule has 2 aromatic carbocycles. The van der Waals surface area contributed by atoms with Crippen molar-refractivity contribution in [3.8, 4) is 11.5 Å². The Balaban J connectivity index is 1.22. The Morgan fingerprint density at radius 1 is 1.10 bits per heavy atom. The first-order chi connectivity index (χ1) is 15.1. The van der Waals surface area contributed by atoms with Gasteiger partial charge >= 0.3 is 5.97 Å². The van der Waals surface area contributed by atoms with Crippen LogP contribution in [0.4, 0.5) is 0 Å². The Morgan fingerprint density at radius 3 is 2.84 bits per heavy atom. The minimum absolute atomic E-state index is 0.204. The van der Waals surface area contributed by atoms with Gasteiger partial charge in [0, 0.05) is 23.1 Å². The molecule has 0 saturated carbocycles. The Labute approximate surface area is 179 Å². The molecule has 1 aromatic heterocycles. The lowest BCUT2D eigenvalue weighted by molar-refractivity contribution is -0.129. The summed E-state index contributed by atoms with van der Waals surface area (Å²) in [6, 6.07) is 11.0. The van der Waals surface area contributed by atoms with Crippen molar-refractivity contribution in [1.29, 1.82) is 0 Å². The summed E-state index contributed by atoms with van der Waals surface area (Å²) in [6.07, 6.45) is 3.51. The highest BCUT2D eigenvalue weighted by Gasteiger charge is 2.21. The molecule has 0 saturated heterocycles. The normalized spacial score (nSPS) is 15.4. The van der Waals surface area contributed by atoms with Gasteiger partial charge in [-0.2, -0.15) is 0 Å². The standard InChI is InChI=1S/C24H24N2O5/c1-14(23(27)25-12-15-6-9-21-22(10-15)30-13-29-21)31-24(28)16-7-8-20-18(11-16)17-4-2-3-5-19(17)26-20/h6-11,14,26H,2-5,12-13H2,1H3,(H,25,27)/t14-/m1/s1. The van der Waals surface area contributed by atoms with Crippen LogP contribution in [0.5, 0.6) is 11.5 Å². The molecule has 1 aliphatic carbocycles. The summed E-state index contributed by atoms with van der Waals surface area (Å²) in [5, 5.41) is 3.87. The van der Waals surface area contributed by atoms with Gasteiger partial charge in [-0.3, -0.25) is 4.79 Å². The third-order valence-corrected chi connectivity index (χ3v) is 5.89. The first kappa shape index (κ1) is 19.5. The molecule has 1 amide bonds. The van der Waals surface area contributed by atoms with E-state index in [-0.39, 0.29) is 12.7 Å². The van der Waals surface area contributed by atoms with Gasteiger partial charge in [0.2, 0.25) is 6.79 Å². The van der Waals surface area contributed by atoms with E-state index in [2.05, 4.69) is 10.3 Å². The van der Waals surface area contributed by atoms with Crippen molar-refractivity contribution < 1.29 is 23.8 Å². The predicted molar refractivity (Wildman–Crippen MR) is 114 cm³/mol. The lowest BCUT2D eigenvalue weighted by Crippen LogP contribution is -2.35. The largest absolute Gasteiger partial charge is 0.454 e. The SMILES string of the molecule is C[C@@H](OC(=O)c1ccc2[nH]c3c(c2c1)CCCC3)C(=O)NCc1ccc2c(c1)OCO2. The molecule has 3 aromatic rings. The summed E-state index contributed by atoms with van der Waals surface area (Å²) >= 11 is 0. The molecule has 2 aliphatic rings. The highest BCUT2D eigenvalue weighted by molar-refractivity contribution is 5.97. The molecule has 5 rings (SSSR count). The maximum atomic E-state index is 12.7. The Bertz CT molecular complexity index is 1170. The van der Waals surface area contributed by atoms with Crippen LogP contribution >= 0.6 is 0 Å². The van der Waals surface area contributed by atoms with Gasteiger partial charge in [0.25, 0.3) is 5.91 Å². The van der Waals surface area contributed by atoms with Crippen molar-refractivity contribution >= 4 is 22.8 Å². The van der Waals surface area contributed by atoms with Gasteiger partial charge in [0.05, 0.1) is 5.56 Å². The summed E-state index contributed by atoms with van der Waals surface area (Å²) in [5.74, 6) is 0.496. The number of aromatic amines is 1. The van der Waals surface area contributed by atoms with Gasteiger partial charge < -0.3 is 24.5 Å². The molecular formula is C24H24N2O5. The van der Waals surface area contributed by atoms with E-state index in [4.69, 9.17) is 14.2 Å². The molecular weight excluding hydrogens is 396 g/mol. The summed E-state index contributed by atoms with van der Waals surface area (Å²) in [6.45, 7) is 2.08. The topological polar surface area (TPSA) is 89.7 Å². The molecule has 2 N–H and O–H groups in total. The first-order valence-corrected chi connectivity index (χ1v) is 10.6. The van der Waals surface area contributed by atoms with Crippen LogP contribution in [0.1, 0.15) is 46.9 Å². The van der Waals surface area contributed by atoms with Crippen molar-refractivity contribution in [3.05, 3.63) is 58.8 Å². The number of fused-ring (bicyclic) bond motifs is 4. The highest BCUT2D eigenvalue weighted by Crippen LogP contribution is 2.32. The van der Waals surface area contributed by atoms with E-state index >= 15 is 0 Å². The fourth-order valence-corrected chi connectivity index (χ4v) is 4.20. The summed E-state index contributed by atoms with van der Waals surface area (Å²) in [4.78, 5) is 28.5. The van der Waals surface area contributed by atoms with E-state index in [0.717, 1.165) is 35.7 Å². The van der Waals surface area contributed by atoms with Crippen molar-refractivity contribution in [1.82, 2.24) is 10.3 Å². The summed E-state index contributed by atoms with van der Waals surface area (Å²) in [7, 11) is 0. The molecule has 0 fully saturated rings. The second kappa shape index (κ2) is 7.98. The molecule has 0 radical (unpaired) electrons. The van der Waals surface area contributed by atoms with Crippen LogP contribution in [0.25, 0.3) is 10.9 Å². The van der Waals surface area contributed by atoms with Crippen LogP contribution in [0.15, 0.2) is 36.4 Å². The van der Waals surface area contributed by atoms with E-state index in [9.17, 15) is 9.59 Å². The number of aryl methyl sites for hydroxylation is 2. The molecule has 2 heterocycles. The maximum Gasteiger partial charge on any atom is 0.338 e. The van der Waals surface area contributed by atoms with Gasteiger partial charge in [-0.25, -0.2) is 4.79 Å². The zero-order valence-corrected chi connectivity index (χ0v) is 17.3. The fourth-order valence-electron chi connectivity index (χ4n) is 4.20. The minimum atomic E-state index is -0.905. The van der Waals surface area contributed by atoms with Crippen LogP contribution < -0.4 is 14.8 Å². The van der Waals surface area contributed by atoms with Crippen molar-refractivity contribution in [2.75, 3.05) is 6.79 Å². The molecule has 31 heavy (non-hydrogen) atoms. The third kappa shape index (κ3) is 3.83. The molecule has 1 aliphatic heterocycles. The Morgan fingerprint density at radius 2 is 1.94 bits per heavy atom. The van der Waals surface area contributed by atoms with Crippen molar-refractivity contribution in [2.45, 2.75) is 45.3 Å². The van der Waals surface area contributed by atoms with Crippen LogP contribution in [-0.4, -0.2) is 29.8 Å². The van der Waals surface area contributed by atoms with Gasteiger partial charge in [-0.15, -0.1) is 0 Å². The highest BCUT2D eigenvalue weighted by atomic mass is 16.7. The van der Waals surface area contributed by atoms with Crippen LogP contribution in [0, 0.1) is 0 Å². The van der Waals surface area contributed by atoms with Crippen LogP contribution in [0.2, 0.25) is 0 Å². The number of rotatable bonds is 5. The number of aromatic nitrogens is 1. The number of ether oxygens (including phenoxy) is 3. The van der Waals surface area contributed by atoms with Gasteiger partial charge in [0.1, 0.15) is 0 Å². The number of amides is 1. The number of hydrogen-bond acceptors (Lipinski definition) is 5. The van der Waals surface area contributed by atoms with E-state index in [0.29, 0.717) is 23.6 Å². The molecule has 0 spiro atoms. The number of carbonyl (C=O) groups is 2. The number of benzene rings is 2. The van der Waals surface area contributed by atoms with E-state index in [1.807, 2.05) is 30.3 Å². The first-order valence-electron chi connectivity index (χ1n) is 10.6. The van der Waals surface area contributed by atoms with Gasteiger partial charge in [-0.05, 0) is 74.1 Å². The van der Waals surface area contributed by atoms with Gasteiger partial charge in [-0.1, -0.05) is 6.07 Å². The molecule has 7 heteroatoms. The van der Waals surface area contributed by atoms with Crippen LogP contribution in [0.3, 0.4) is 0 Å². The molecule has 7 nitrogen and oxygen atoms in total. The smallest absolute Gasteiger partial charge is 0.338 e. The zero-order chi connectivity index (χ0) is 21.4. The lowest BCUT2D eigenvalue weighted by Gasteiger charge is -2.14. The molecule has 0 unspecified atom stereocenters. The fraction of sp³-hybridized carbons (Fsp3) is 0.333.